The summed E-state index contributed by atoms with van der Waals surface area (Å²) < 4.78 is 0. The van der Waals surface area contributed by atoms with Crippen molar-refractivity contribution >= 4 is 23.3 Å². The maximum absolute atomic E-state index is 11.9. The van der Waals surface area contributed by atoms with Crippen molar-refractivity contribution in [3.05, 3.63) is 23.8 Å². The molecule has 102 valence electrons. The number of nitrogen functional groups attached to an aromatic ring is 1. The van der Waals surface area contributed by atoms with E-state index in [0.29, 0.717) is 18.0 Å². The fraction of sp³-hybridized carbons (Fsp3) is 0.429. The van der Waals surface area contributed by atoms with E-state index in [1.165, 1.54) is 31.0 Å². The molecule has 2 rings (SSSR count). The number of nitrogens with one attached hydrogen (secondary N) is 1. The quantitative estimate of drug-likeness (QED) is 0.727. The Kier molecular flexibility index (Phi) is 4.04. The SMILES string of the molecule is Nc1cc(C(=O)O)ccc1NC(=O)CC1CCCC1. The largest absolute Gasteiger partial charge is 0.478 e. The average Bonchev–Trinajstić information content (AvgIpc) is 2.84. The Labute approximate surface area is 111 Å². The second-order valence-corrected chi connectivity index (χ2v) is 5.01. The monoisotopic (exact) mass is 262 g/mol. The summed E-state index contributed by atoms with van der Waals surface area (Å²) in [6, 6.07) is 4.32. The summed E-state index contributed by atoms with van der Waals surface area (Å²) in [4.78, 5) is 22.6. The fourth-order valence-corrected chi connectivity index (χ4v) is 2.49. The zero-order chi connectivity index (χ0) is 13.8. The Morgan fingerprint density at radius 3 is 2.58 bits per heavy atom. The third-order valence-corrected chi connectivity index (χ3v) is 3.52. The molecule has 5 nitrogen and oxygen atoms in total. The molecule has 1 aliphatic rings. The molecule has 1 aromatic carbocycles. The van der Waals surface area contributed by atoms with E-state index in [-0.39, 0.29) is 17.2 Å². The van der Waals surface area contributed by atoms with Crippen molar-refractivity contribution in [2.24, 2.45) is 5.92 Å². The van der Waals surface area contributed by atoms with E-state index in [1.54, 1.807) is 0 Å². The van der Waals surface area contributed by atoms with Gasteiger partial charge in [-0.1, -0.05) is 12.8 Å². The number of hydrogen-bond acceptors (Lipinski definition) is 3. The van der Waals surface area contributed by atoms with Crippen LogP contribution in [0.4, 0.5) is 11.4 Å². The highest BCUT2D eigenvalue weighted by Crippen LogP contribution is 2.28. The molecule has 1 saturated carbocycles. The molecule has 0 spiro atoms. The summed E-state index contributed by atoms with van der Waals surface area (Å²) in [5.41, 5.74) is 6.61. The third kappa shape index (κ3) is 3.47. The topological polar surface area (TPSA) is 92.4 Å². The Bertz CT molecular complexity index is 493. The minimum absolute atomic E-state index is 0.0540. The van der Waals surface area contributed by atoms with Gasteiger partial charge < -0.3 is 16.2 Å². The minimum atomic E-state index is -1.03. The van der Waals surface area contributed by atoms with E-state index in [4.69, 9.17) is 10.8 Å². The highest BCUT2D eigenvalue weighted by Gasteiger charge is 2.19. The number of nitrogens with two attached hydrogens (primary N) is 1. The number of hydrogen-bond donors (Lipinski definition) is 3. The third-order valence-electron chi connectivity index (χ3n) is 3.52. The summed E-state index contributed by atoms with van der Waals surface area (Å²) in [5, 5.41) is 11.6. The molecule has 0 bridgehead atoms. The lowest BCUT2D eigenvalue weighted by Crippen LogP contribution is -2.16. The second kappa shape index (κ2) is 5.73. The first-order valence-electron chi connectivity index (χ1n) is 6.49. The molecule has 1 aliphatic carbocycles. The lowest BCUT2D eigenvalue weighted by atomic mass is 10.0. The molecule has 4 N–H and O–H groups in total. The van der Waals surface area contributed by atoms with Crippen LogP contribution in [0.25, 0.3) is 0 Å². The van der Waals surface area contributed by atoms with Crippen molar-refractivity contribution in [1.82, 2.24) is 0 Å². The summed E-state index contributed by atoms with van der Waals surface area (Å²) in [7, 11) is 0. The van der Waals surface area contributed by atoms with Crippen LogP contribution in [0.1, 0.15) is 42.5 Å². The van der Waals surface area contributed by atoms with Crippen molar-refractivity contribution in [2.75, 3.05) is 11.1 Å². The second-order valence-electron chi connectivity index (χ2n) is 5.01. The number of carboxylic acids is 1. The van der Waals surface area contributed by atoms with Crippen molar-refractivity contribution in [2.45, 2.75) is 32.1 Å². The Hall–Kier alpha value is -2.04. The molecular weight excluding hydrogens is 244 g/mol. The highest BCUT2D eigenvalue weighted by molar-refractivity contribution is 5.96. The van der Waals surface area contributed by atoms with Crippen LogP contribution in [0, 0.1) is 5.92 Å². The van der Waals surface area contributed by atoms with Gasteiger partial charge >= 0.3 is 5.97 Å². The molecule has 1 aromatic rings. The van der Waals surface area contributed by atoms with E-state index < -0.39 is 5.97 Å². The van der Waals surface area contributed by atoms with Gasteiger partial charge in [0.25, 0.3) is 0 Å². The zero-order valence-electron chi connectivity index (χ0n) is 10.7. The molecule has 0 aliphatic heterocycles. The number of carbonyl (C=O) groups is 2. The molecule has 1 fully saturated rings. The smallest absolute Gasteiger partial charge is 0.335 e. The predicted octanol–water partition coefficient (Wildman–Crippen LogP) is 2.49. The molecular formula is C14H18N2O3. The van der Waals surface area contributed by atoms with Gasteiger partial charge in [0.05, 0.1) is 16.9 Å². The summed E-state index contributed by atoms with van der Waals surface area (Å²) >= 11 is 0. The number of anilines is 2. The van der Waals surface area contributed by atoms with Crippen LogP contribution in [0.2, 0.25) is 0 Å². The first kappa shape index (κ1) is 13.4. The molecule has 0 unspecified atom stereocenters. The Morgan fingerprint density at radius 2 is 2.00 bits per heavy atom. The van der Waals surface area contributed by atoms with E-state index in [1.807, 2.05) is 0 Å². The van der Waals surface area contributed by atoms with Gasteiger partial charge in [0, 0.05) is 6.42 Å². The number of carbonyl (C=O) groups excluding carboxylic acids is 1. The Balaban J connectivity index is 1.98. The van der Waals surface area contributed by atoms with Crippen LogP contribution in [0.15, 0.2) is 18.2 Å². The first-order chi connectivity index (χ1) is 9.06. The molecule has 0 radical (unpaired) electrons. The van der Waals surface area contributed by atoms with Gasteiger partial charge in [-0.15, -0.1) is 0 Å². The van der Waals surface area contributed by atoms with Crippen LogP contribution < -0.4 is 11.1 Å². The van der Waals surface area contributed by atoms with Gasteiger partial charge in [-0.25, -0.2) is 4.79 Å². The van der Waals surface area contributed by atoms with Crippen LogP contribution in [-0.4, -0.2) is 17.0 Å². The number of rotatable bonds is 4. The predicted molar refractivity (Wildman–Crippen MR) is 73.0 cm³/mol. The van der Waals surface area contributed by atoms with Crippen LogP contribution in [0.3, 0.4) is 0 Å². The molecule has 0 saturated heterocycles. The minimum Gasteiger partial charge on any atom is -0.478 e. The van der Waals surface area contributed by atoms with E-state index in [2.05, 4.69) is 5.32 Å². The maximum atomic E-state index is 11.9. The number of carboxylic acid groups (broad SMARTS) is 1. The molecule has 0 atom stereocenters. The summed E-state index contributed by atoms with van der Waals surface area (Å²) in [5.74, 6) is -0.614. The maximum Gasteiger partial charge on any atom is 0.335 e. The van der Waals surface area contributed by atoms with Crippen molar-refractivity contribution in [1.29, 1.82) is 0 Å². The lowest BCUT2D eigenvalue weighted by molar-refractivity contribution is -0.117. The zero-order valence-corrected chi connectivity index (χ0v) is 10.7. The van der Waals surface area contributed by atoms with Gasteiger partial charge in [0.15, 0.2) is 0 Å². The van der Waals surface area contributed by atoms with E-state index >= 15 is 0 Å². The molecule has 1 amide bonds. The van der Waals surface area contributed by atoms with Crippen molar-refractivity contribution in [3.63, 3.8) is 0 Å². The van der Waals surface area contributed by atoms with E-state index in [9.17, 15) is 9.59 Å². The molecule has 0 aromatic heterocycles. The van der Waals surface area contributed by atoms with Crippen LogP contribution in [0.5, 0.6) is 0 Å². The number of amides is 1. The van der Waals surface area contributed by atoms with Gasteiger partial charge in [-0.05, 0) is 37.0 Å². The molecule has 19 heavy (non-hydrogen) atoms. The molecule has 0 heterocycles. The first-order valence-corrected chi connectivity index (χ1v) is 6.49. The average molecular weight is 262 g/mol. The highest BCUT2D eigenvalue weighted by atomic mass is 16.4. The normalized spacial score (nSPS) is 15.4. The Morgan fingerprint density at radius 1 is 1.32 bits per heavy atom. The van der Waals surface area contributed by atoms with Crippen molar-refractivity contribution < 1.29 is 14.7 Å². The van der Waals surface area contributed by atoms with Crippen LogP contribution in [-0.2, 0) is 4.79 Å². The summed E-state index contributed by atoms with van der Waals surface area (Å²) in [6.07, 6.45) is 5.14. The van der Waals surface area contributed by atoms with Gasteiger partial charge in [-0.2, -0.15) is 0 Å². The van der Waals surface area contributed by atoms with Crippen LogP contribution >= 0.6 is 0 Å². The number of aromatic carboxylic acids is 1. The van der Waals surface area contributed by atoms with E-state index in [0.717, 1.165) is 12.8 Å². The van der Waals surface area contributed by atoms with Crippen molar-refractivity contribution in [3.8, 4) is 0 Å². The summed E-state index contributed by atoms with van der Waals surface area (Å²) in [6.45, 7) is 0. The van der Waals surface area contributed by atoms with Gasteiger partial charge in [-0.3, -0.25) is 4.79 Å². The van der Waals surface area contributed by atoms with Gasteiger partial charge in [0.1, 0.15) is 0 Å². The fourth-order valence-electron chi connectivity index (χ4n) is 2.49. The lowest BCUT2D eigenvalue weighted by Gasteiger charge is -2.11. The van der Waals surface area contributed by atoms with Gasteiger partial charge in [0.2, 0.25) is 5.91 Å². The molecule has 5 heteroatoms. The standard InChI is InChI=1S/C14H18N2O3/c15-11-8-10(14(18)19)5-6-12(11)16-13(17)7-9-3-1-2-4-9/h5-6,8-9H,1-4,7,15H2,(H,16,17)(H,18,19). The number of benzene rings is 1.